The number of amides is 1. The Balaban J connectivity index is 1.73. The fourth-order valence-corrected chi connectivity index (χ4v) is 3.62. The molecule has 0 bridgehead atoms. The van der Waals surface area contributed by atoms with Crippen LogP contribution in [-0.4, -0.2) is 48.5 Å². The van der Waals surface area contributed by atoms with Gasteiger partial charge >= 0.3 is 0 Å². The highest BCUT2D eigenvalue weighted by Gasteiger charge is 2.22. The molecule has 0 radical (unpaired) electrons. The molecule has 1 aromatic heterocycles. The smallest absolute Gasteiger partial charge is 0.234 e. The van der Waals surface area contributed by atoms with Gasteiger partial charge in [0.2, 0.25) is 5.91 Å². The van der Waals surface area contributed by atoms with Gasteiger partial charge in [0.05, 0.1) is 12.6 Å². The zero-order valence-corrected chi connectivity index (χ0v) is 15.6. The van der Waals surface area contributed by atoms with Crippen molar-refractivity contribution in [2.24, 2.45) is 0 Å². The number of aromatic nitrogens is 1. The average molecular weight is 352 g/mol. The Hall–Kier alpha value is -2.24. The van der Waals surface area contributed by atoms with Crippen LogP contribution in [0.25, 0.3) is 0 Å². The molecule has 0 saturated carbocycles. The number of hydrogen-bond acceptors (Lipinski definition) is 4. The Morgan fingerprint density at radius 2 is 1.92 bits per heavy atom. The first-order valence-corrected chi connectivity index (χ1v) is 9.31. The number of nitrogens with one attached hydrogen (secondary N) is 2. The molecule has 5 heteroatoms. The molecule has 1 fully saturated rings. The third-order valence-corrected chi connectivity index (χ3v) is 5.17. The zero-order chi connectivity index (χ0) is 18.4. The van der Waals surface area contributed by atoms with Crippen LogP contribution in [0.15, 0.2) is 48.8 Å². The summed E-state index contributed by atoms with van der Waals surface area (Å²) >= 11 is 0. The van der Waals surface area contributed by atoms with Crippen LogP contribution in [0.5, 0.6) is 0 Å². The molecule has 2 aromatic rings. The Kier molecular flexibility index (Phi) is 6.36. The van der Waals surface area contributed by atoms with Gasteiger partial charge in [-0.05, 0) is 68.7 Å². The largest absolute Gasteiger partial charge is 0.344 e. The van der Waals surface area contributed by atoms with Crippen LogP contribution in [-0.2, 0) is 4.79 Å². The van der Waals surface area contributed by atoms with E-state index in [0.29, 0.717) is 12.6 Å². The molecule has 1 atom stereocenters. The molecule has 2 heterocycles. The van der Waals surface area contributed by atoms with Gasteiger partial charge in [0, 0.05) is 18.4 Å². The third-order valence-electron chi connectivity index (χ3n) is 5.17. The predicted molar refractivity (Wildman–Crippen MR) is 104 cm³/mol. The van der Waals surface area contributed by atoms with Crippen LogP contribution < -0.4 is 10.6 Å². The molecule has 1 saturated heterocycles. The van der Waals surface area contributed by atoms with Crippen LogP contribution in [0.3, 0.4) is 0 Å². The highest BCUT2D eigenvalue weighted by atomic mass is 16.2. The van der Waals surface area contributed by atoms with Crippen molar-refractivity contribution >= 4 is 5.91 Å². The molecule has 0 aliphatic carbocycles. The average Bonchev–Trinajstić information content (AvgIpc) is 2.68. The number of hydrogen-bond donors (Lipinski definition) is 2. The lowest BCUT2D eigenvalue weighted by atomic mass is 9.95. The predicted octanol–water partition coefficient (Wildman–Crippen LogP) is 2.28. The molecule has 0 spiro atoms. The van der Waals surface area contributed by atoms with Gasteiger partial charge < -0.3 is 10.6 Å². The first-order valence-electron chi connectivity index (χ1n) is 9.31. The number of pyridine rings is 1. The summed E-state index contributed by atoms with van der Waals surface area (Å²) in [5.41, 5.74) is 3.34. The molecular formula is C21H28N4O. The van der Waals surface area contributed by atoms with E-state index in [0.717, 1.165) is 37.1 Å². The number of piperidine rings is 1. The summed E-state index contributed by atoms with van der Waals surface area (Å²) in [5, 5.41) is 6.61. The number of rotatable bonds is 6. The maximum atomic E-state index is 12.8. The second-order valence-corrected chi connectivity index (χ2v) is 7.03. The molecule has 138 valence electrons. The van der Waals surface area contributed by atoms with Gasteiger partial charge in [0.1, 0.15) is 0 Å². The van der Waals surface area contributed by atoms with Gasteiger partial charge in [-0.3, -0.25) is 14.7 Å². The van der Waals surface area contributed by atoms with Crippen LogP contribution >= 0.6 is 0 Å². The molecule has 5 nitrogen and oxygen atoms in total. The molecule has 3 rings (SSSR count). The number of nitrogens with zero attached hydrogens (tertiary/aromatic N) is 2. The number of carbonyl (C=O) groups excluding carboxylic acids is 1. The van der Waals surface area contributed by atoms with E-state index in [4.69, 9.17) is 0 Å². The standard InChI is InChI=1S/C21H28N4O/c1-16-5-3-4-6-19(16)21(17-7-11-22-12-8-17)24-20(26)15-25(2)18-9-13-23-14-10-18/h3-8,11-12,18,21,23H,9-10,13-15H2,1-2H3,(H,24,26)/t21-/m1/s1. The lowest BCUT2D eigenvalue weighted by molar-refractivity contribution is -0.123. The van der Waals surface area contributed by atoms with Crippen molar-refractivity contribution in [3.05, 3.63) is 65.5 Å². The Labute approximate surface area is 155 Å². The summed E-state index contributed by atoms with van der Waals surface area (Å²) in [4.78, 5) is 19.1. The van der Waals surface area contributed by atoms with Crippen LogP contribution in [0.4, 0.5) is 0 Å². The molecule has 1 aliphatic heterocycles. The second kappa shape index (κ2) is 8.92. The lowest BCUT2D eigenvalue weighted by Crippen LogP contribution is -2.46. The number of carbonyl (C=O) groups is 1. The van der Waals surface area contributed by atoms with Crippen molar-refractivity contribution in [2.75, 3.05) is 26.7 Å². The monoisotopic (exact) mass is 352 g/mol. The summed E-state index contributed by atoms with van der Waals surface area (Å²) in [7, 11) is 2.05. The van der Waals surface area contributed by atoms with Gasteiger partial charge in [-0.2, -0.15) is 0 Å². The molecule has 26 heavy (non-hydrogen) atoms. The van der Waals surface area contributed by atoms with Gasteiger partial charge in [0.15, 0.2) is 0 Å². The first-order chi connectivity index (χ1) is 12.6. The highest BCUT2D eigenvalue weighted by Crippen LogP contribution is 2.24. The van der Waals surface area contributed by atoms with E-state index < -0.39 is 0 Å². The summed E-state index contributed by atoms with van der Waals surface area (Å²) in [6.07, 6.45) is 5.73. The van der Waals surface area contributed by atoms with E-state index in [1.165, 1.54) is 5.56 Å². The fraction of sp³-hybridized carbons (Fsp3) is 0.429. The summed E-state index contributed by atoms with van der Waals surface area (Å²) in [6.45, 7) is 4.55. The van der Waals surface area contributed by atoms with E-state index >= 15 is 0 Å². The SMILES string of the molecule is Cc1ccccc1[C@H](NC(=O)CN(C)C1CCNCC1)c1ccncc1. The maximum Gasteiger partial charge on any atom is 0.234 e. The highest BCUT2D eigenvalue weighted by molar-refractivity contribution is 5.79. The van der Waals surface area contributed by atoms with E-state index in [9.17, 15) is 4.79 Å². The normalized spacial score (nSPS) is 16.4. The van der Waals surface area contributed by atoms with Crippen LogP contribution in [0, 0.1) is 6.92 Å². The Morgan fingerprint density at radius 3 is 2.62 bits per heavy atom. The number of benzene rings is 1. The minimum atomic E-state index is -0.159. The third kappa shape index (κ3) is 4.68. The van der Waals surface area contributed by atoms with Crippen molar-refractivity contribution < 1.29 is 4.79 Å². The fourth-order valence-electron chi connectivity index (χ4n) is 3.62. The molecule has 1 amide bonds. The summed E-state index contributed by atoms with van der Waals surface area (Å²) in [5.74, 6) is 0.0519. The lowest BCUT2D eigenvalue weighted by Gasteiger charge is -2.31. The van der Waals surface area contributed by atoms with E-state index in [1.807, 2.05) is 31.3 Å². The zero-order valence-electron chi connectivity index (χ0n) is 15.6. The van der Waals surface area contributed by atoms with Gasteiger partial charge in [0.25, 0.3) is 0 Å². The molecule has 0 unspecified atom stereocenters. The van der Waals surface area contributed by atoms with E-state index in [1.54, 1.807) is 12.4 Å². The first kappa shape index (κ1) is 18.5. The molecule has 1 aliphatic rings. The van der Waals surface area contributed by atoms with Crippen LogP contribution in [0.2, 0.25) is 0 Å². The van der Waals surface area contributed by atoms with Crippen molar-refractivity contribution in [3.8, 4) is 0 Å². The second-order valence-electron chi connectivity index (χ2n) is 7.03. The van der Waals surface area contributed by atoms with Crippen LogP contribution in [0.1, 0.15) is 35.6 Å². The minimum absolute atomic E-state index is 0.0519. The summed E-state index contributed by atoms with van der Waals surface area (Å²) < 4.78 is 0. The maximum absolute atomic E-state index is 12.8. The number of aryl methyl sites for hydroxylation is 1. The Bertz CT molecular complexity index is 713. The number of likely N-dealkylation sites (N-methyl/N-ethyl adjacent to an activating group) is 1. The van der Waals surface area contributed by atoms with Crippen molar-refractivity contribution in [3.63, 3.8) is 0 Å². The molecular weight excluding hydrogens is 324 g/mol. The topological polar surface area (TPSA) is 57.3 Å². The minimum Gasteiger partial charge on any atom is -0.344 e. The van der Waals surface area contributed by atoms with Gasteiger partial charge in [-0.25, -0.2) is 0 Å². The van der Waals surface area contributed by atoms with E-state index in [2.05, 4.69) is 39.6 Å². The van der Waals surface area contributed by atoms with Crippen molar-refractivity contribution in [2.45, 2.75) is 31.8 Å². The summed E-state index contributed by atoms with van der Waals surface area (Å²) in [6, 6.07) is 12.4. The molecule has 2 N–H and O–H groups in total. The van der Waals surface area contributed by atoms with Gasteiger partial charge in [-0.15, -0.1) is 0 Å². The van der Waals surface area contributed by atoms with Gasteiger partial charge in [-0.1, -0.05) is 24.3 Å². The molecule has 1 aromatic carbocycles. The van der Waals surface area contributed by atoms with Crippen molar-refractivity contribution in [1.29, 1.82) is 0 Å². The van der Waals surface area contributed by atoms with E-state index in [-0.39, 0.29) is 11.9 Å². The quantitative estimate of drug-likeness (QED) is 0.837. The Morgan fingerprint density at radius 1 is 1.23 bits per heavy atom. The van der Waals surface area contributed by atoms with Crippen molar-refractivity contribution in [1.82, 2.24) is 20.5 Å².